The fourth-order valence-corrected chi connectivity index (χ4v) is 3.13. The molecule has 0 aromatic heterocycles. The van der Waals surface area contributed by atoms with Gasteiger partial charge in [-0.1, -0.05) is 12.2 Å². The quantitative estimate of drug-likeness (QED) is 0.853. The smallest absolute Gasteiger partial charge is 0.104 e. The third-order valence-electron chi connectivity index (χ3n) is 3.39. The normalized spacial score (nSPS) is 19.2. The number of rotatable bonds is 4. The van der Waals surface area contributed by atoms with Gasteiger partial charge in [0.25, 0.3) is 0 Å². The molecule has 1 aliphatic rings. The Morgan fingerprint density at radius 1 is 1.53 bits per heavy atom. The van der Waals surface area contributed by atoms with Gasteiger partial charge >= 0.3 is 0 Å². The topological polar surface area (TPSA) is 38.5 Å². The van der Waals surface area contributed by atoms with Gasteiger partial charge in [-0.3, -0.25) is 0 Å². The van der Waals surface area contributed by atoms with Gasteiger partial charge < -0.3 is 15.4 Å². The fourth-order valence-electron chi connectivity index (χ4n) is 2.32. The van der Waals surface area contributed by atoms with Crippen LogP contribution in [0, 0.1) is 0 Å². The van der Waals surface area contributed by atoms with Crippen molar-refractivity contribution in [2.24, 2.45) is 5.73 Å². The minimum Gasteiger partial charge on any atom is -0.389 e. The summed E-state index contributed by atoms with van der Waals surface area (Å²) >= 11 is 8.57. The van der Waals surface area contributed by atoms with E-state index in [-0.39, 0.29) is 0 Å². The van der Waals surface area contributed by atoms with Gasteiger partial charge in [0.2, 0.25) is 0 Å². The Labute approximate surface area is 128 Å². The first-order valence-corrected chi connectivity index (χ1v) is 7.70. The summed E-state index contributed by atoms with van der Waals surface area (Å²) in [7, 11) is 2.08. The summed E-state index contributed by atoms with van der Waals surface area (Å²) in [4.78, 5) is 2.63. The molecule has 1 heterocycles. The Balaban J connectivity index is 2.05. The van der Waals surface area contributed by atoms with E-state index in [2.05, 4.69) is 27.9 Å². The van der Waals surface area contributed by atoms with Crippen molar-refractivity contribution in [2.45, 2.75) is 25.4 Å². The van der Waals surface area contributed by atoms with Gasteiger partial charge in [-0.05, 0) is 53.4 Å². The number of ether oxygens (including phenoxy) is 1. The van der Waals surface area contributed by atoms with E-state index in [0.29, 0.717) is 11.1 Å². The predicted octanol–water partition coefficient (Wildman–Crippen LogP) is 3.09. The van der Waals surface area contributed by atoms with Gasteiger partial charge in [0.1, 0.15) is 4.99 Å². The lowest BCUT2D eigenvalue weighted by atomic mass is 10.1. The van der Waals surface area contributed by atoms with E-state index in [1.807, 2.05) is 18.2 Å². The number of thiocarbonyl (C=S) groups is 1. The summed E-state index contributed by atoms with van der Waals surface area (Å²) < 4.78 is 6.78. The van der Waals surface area contributed by atoms with E-state index in [0.717, 1.165) is 35.3 Å². The standard InChI is InChI=1S/C14H19BrN2OS/c1-17(9-11-4-2-3-7-18-11)13-6-5-10(14(16)19)8-12(13)15/h5-6,8,11H,2-4,7,9H2,1H3,(H2,16,19). The average Bonchev–Trinajstić information content (AvgIpc) is 2.39. The van der Waals surface area contributed by atoms with Crippen LogP contribution < -0.4 is 10.6 Å². The zero-order chi connectivity index (χ0) is 13.8. The Bertz CT molecular complexity index is 461. The van der Waals surface area contributed by atoms with E-state index in [9.17, 15) is 0 Å². The van der Waals surface area contributed by atoms with Crippen molar-refractivity contribution in [3.05, 3.63) is 28.2 Å². The van der Waals surface area contributed by atoms with E-state index >= 15 is 0 Å². The summed E-state index contributed by atoms with van der Waals surface area (Å²) in [5.41, 5.74) is 7.65. The van der Waals surface area contributed by atoms with Crippen molar-refractivity contribution in [1.82, 2.24) is 0 Å². The predicted molar refractivity (Wildman–Crippen MR) is 86.9 cm³/mol. The lowest BCUT2D eigenvalue weighted by molar-refractivity contribution is 0.0216. The summed E-state index contributed by atoms with van der Waals surface area (Å²) in [6.07, 6.45) is 3.93. The van der Waals surface area contributed by atoms with Crippen LogP contribution in [0.1, 0.15) is 24.8 Å². The van der Waals surface area contributed by atoms with Crippen molar-refractivity contribution < 1.29 is 4.74 Å². The molecule has 0 radical (unpaired) electrons. The summed E-state index contributed by atoms with van der Waals surface area (Å²) in [6.45, 7) is 1.80. The molecule has 2 N–H and O–H groups in total. The molecule has 104 valence electrons. The number of halogens is 1. The molecule has 1 unspecified atom stereocenters. The van der Waals surface area contributed by atoms with Gasteiger partial charge in [-0.2, -0.15) is 0 Å². The van der Waals surface area contributed by atoms with Crippen LogP contribution in [-0.4, -0.2) is 31.3 Å². The molecule has 19 heavy (non-hydrogen) atoms. The molecular formula is C14H19BrN2OS. The zero-order valence-corrected chi connectivity index (χ0v) is 13.5. The summed E-state index contributed by atoms with van der Waals surface area (Å²) in [6, 6.07) is 5.97. The number of nitrogens with two attached hydrogens (primary N) is 1. The Morgan fingerprint density at radius 2 is 2.32 bits per heavy atom. The summed E-state index contributed by atoms with van der Waals surface area (Å²) in [5.74, 6) is 0. The first-order valence-electron chi connectivity index (χ1n) is 6.50. The van der Waals surface area contributed by atoms with Crippen LogP contribution in [0.3, 0.4) is 0 Å². The molecule has 1 aliphatic heterocycles. The molecule has 0 bridgehead atoms. The number of hydrogen-bond acceptors (Lipinski definition) is 3. The maximum absolute atomic E-state index is 5.77. The third-order valence-corrected chi connectivity index (χ3v) is 4.27. The second-order valence-electron chi connectivity index (χ2n) is 4.90. The molecule has 0 aliphatic carbocycles. The van der Waals surface area contributed by atoms with Gasteiger partial charge in [0, 0.05) is 30.2 Å². The molecule has 1 saturated heterocycles. The molecule has 1 aromatic rings. The van der Waals surface area contributed by atoms with E-state index in [1.54, 1.807) is 0 Å². The highest BCUT2D eigenvalue weighted by molar-refractivity contribution is 9.10. The van der Waals surface area contributed by atoms with Crippen molar-refractivity contribution in [3.63, 3.8) is 0 Å². The van der Waals surface area contributed by atoms with Crippen LogP contribution in [-0.2, 0) is 4.74 Å². The van der Waals surface area contributed by atoms with Crippen molar-refractivity contribution in [2.75, 3.05) is 25.1 Å². The van der Waals surface area contributed by atoms with Crippen LogP contribution in [0.15, 0.2) is 22.7 Å². The second kappa shape index (κ2) is 6.68. The molecule has 1 fully saturated rings. The SMILES string of the molecule is CN(CC1CCCCO1)c1ccc(C(N)=S)cc1Br. The van der Waals surface area contributed by atoms with E-state index < -0.39 is 0 Å². The van der Waals surface area contributed by atoms with Gasteiger partial charge in [-0.15, -0.1) is 0 Å². The average molecular weight is 343 g/mol. The van der Waals surface area contributed by atoms with Gasteiger partial charge in [-0.25, -0.2) is 0 Å². The molecule has 2 rings (SSSR count). The van der Waals surface area contributed by atoms with Crippen LogP contribution >= 0.6 is 28.1 Å². The van der Waals surface area contributed by atoms with Crippen LogP contribution in [0.25, 0.3) is 0 Å². The zero-order valence-electron chi connectivity index (χ0n) is 11.1. The Hall–Kier alpha value is -0.650. The molecule has 5 heteroatoms. The largest absolute Gasteiger partial charge is 0.389 e. The molecule has 0 saturated carbocycles. The number of anilines is 1. The highest BCUT2D eigenvalue weighted by Crippen LogP contribution is 2.27. The summed E-state index contributed by atoms with van der Waals surface area (Å²) in [5, 5.41) is 0. The van der Waals surface area contributed by atoms with Crippen LogP contribution in [0.2, 0.25) is 0 Å². The lowest BCUT2D eigenvalue weighted by Crippen LogP contribution is -2.33. The first-order chi connectivity index (χ1) is 9.08. The molecular weight excluding hydrogens is 324 g/mol. The Morgan fingerprint density at radius 3 is 2.89 bits per heavy atom. The number of nitrogens with zero attached hydrogens (tertiary/aromatic N) is 1. The van der Waals surface area contributed by atoms with E-state index in [1.165, 1.54) is 12.8 Å². The molecule has 1 atom stereocenters. The molecule has 0 spiro atoms. The second-order valence-corrected chi connectivity index (χ2v) is 6.19. The number of benzene rings is 1. The molecule has 1 aromatic carbocycles. The van der Waals surface area contributed by atoms with E-state index in [4.69, 9.17) is 22.7 Å². The number of hydrogen-bond donors (Lipinski definition) is 1. The highest BCUT2D eigenvalue weighted by atomic mass is 79.9. The minimum atomic E-state index is 0.334. The van der Waals surface area contributed by atoms with Crippen molar-refractivity contribution in [3.8, 4) is 0 Å². The highest BCUT2D eigenvalue weighted by Gasteiger charge is 2.17. The maximum atomic E-state index is 5.77. The molecule has 3 nitrogen and oxygen atoms in total. The minimum absolute atomic E-state index is 0.334. The first kappa shape index (κ1) is 14.8. The van der Waals surface area contributed by atoms with Gasteiger partial charge in [0.15, 0.2) is 0 Å². The molecule has 0 amide bonds. The Kier molecular flexibility index (Phi) is 5.19. The van der Waals surface area contributed by atoms with Crippen LogP contribution in [0.5, 0.6) is 0 Å². The third kappa shape index (κ3) is 3.91. The number of likely N-dealkylation sites (N-methyl/N-ethyl adjacent to an activating group) is 1. The maximum Gasteiger partial charge on any atom is 0.104 e. The van der Waals surface area contributed by atoms with Crippen molar-refractivity contribution in [1.29, 1.82) is 0 Å². The van der Waals surface area contributed by atoms with Crippen LogP contribution in [0.4, 0.5) is 5.69 Å². The lowest BCUT2D eigenvalue weighted by Gasteiger charge is -2.29. The van der Waals surface area contributed by atoms with Crippen molar-refractivity contribution >= 4 is 38.8 Å². The fraction of sp³-hybridized carbons (Fsp3) is 0.500. The monoisotopic (exact) mass is 342 g/mol. The van der Waals surface area contributed by atoms with Gasteiger partial charge in [0.05, 0.1) is 11.8 Å².